The minimum absolute atomic E-state index is 0.0749. The SMILES string of the molecule is C=C(O)c1ccc(C(=C)c2ccc(OCC(C)C)c(C(C)C)c2)cc1. The molecular weight excluding hydrogens is 308 g/mol. The van der Waals surface area contributed by atoms with Crippen molar-refractivity contribution in [2.75, 3.05) is 6.61 Å². The van der Waals surface area contributed by atoms with Gasteiger partial charge in [0.05, 0.1) is 6.61 Å². The van der Waals surface area contributed by atoms with Crippen molar-refractivity contribution in [3.63, 3.8) is 0 Å². The van der Waals surface area contributed by atoms with Gasteiger partial charge in [0.1, 0.15) is 11.5 Å². The summed E-state index contributed by atoms with van der Waals surface area (Å²) in [5, 5.41) is 9.46. The van der Waals surface area contributed by atoms with Gasteiger partial charge in [-0.15, -0.1) is 0 Å². The quantitative estimate of drug-likeness (QED) is 0.590. The highest BCUT2D eigenvalue weighted by Crippen LogP contribution is 2.32. The predicted molar refractivity (Wildman–Crippen MR) is 107 cm³/mol. The first-order valence-electron chi connectivity index (χ1n) is 8.74. The maximum atomic E-state index is 9.46. The molecule has 0 spiro atoms. The Morgan fingerprint density at radius 3 is 2.00 bits per heavy atom. The second kappa shape index (κ2) is 8.06. The van der Waals surface area contributed by atoms with E-state index in [0.717, 1.165) is 28.0 Å². The highest BCUT2D eigenvalue weighted by atomic mass is 16.5. The van der Waals surface area contributed by atoms with Crippen molar-refractivity contribution in [1.82, 2.24) is 0 Å². The zero-order valence-electron chi connectivity index (χ0n) is 15.7. The van der Waals surface area contributed by atoms with Crippen molar-refractivity contribution in [3.05, 3.63) is 77.9 Å². The van der Waals surface area contributed by atoms with E-state index >= 15 is 0 Å². The Kier molecular flexibility index (Phi) is 6.08. The molecule has 0 amide bonds. The Morgan fingerprint density at radius 1 is 0.920 bits per heavy atom. The van der Waals surface area contributed by atoms with E-state index in [-0.39, 0.29) is 5.76 Å². The lowest BCUT2D eigenvalue weighted by atomic mass is 9.93. The fourth-order valence-corrected chi connectivity index (χ4v) is 2.61. The van der Waals surface area contributed by atoms with Crippen molar-refractivity contribution in [2.45, 2.75) is 33.6 Å². The van der Waals surface area contributed by atoms with Crippen molar-refractivity contribution >= 4 is 11.3 Å². The Bertz CT molecular complexity index is 752. The molecule has 2 nitrogen and oxygen atoms in total. The van der Waals surface area contributed by atoms with Gasteiger partial charge in [0.2, 0.25) is 0 Å². The molecule has 2 aromatic carbocycles. The van der Waals surface area contributed by atoms with Gasteiger partial charge in [-0.3, -0.25) is 0 Å². The maximum Gasteiger partial charge on any atom is 0.122 e. The Balaban J connectivity index is 2.30. The van der Waals surface area contributed by atoms with Crippen LogP contribution in [0.15, 0.2) is 55.6 Å². The minimum atomic E-state index is 0.0749. The van der Waals surface area contributed by atoms with Crippen LogP contribution >= 0.6 is 0 Å². The first-order valence-corrected chi connectivity index (χ1v) is 8.74. The molecule has 0 heterocycles. The number of hydrogen-bond acceptors (Lipinski definition) is 2. The van der Waals surface area contributed by atoms with E-state index in [9.17, 15) is 5.11 Å². The number of hydrogen-bond donors (Lipinski definition) is 1. The predicted octanol–water partition coefficient (Wildman–Crippen LogP) is 6.44. The Labute approximate surface area is 151 Å². The smallest absolute Gasteiger partial charge is 0.122 e. The van der Waals surface area contributed by atoms with Gasteiger partial charge in [-0.2, -0.15) is 0 Å². The molecule has 2 heteroatoms. The summed E-state index contributed by atoms with van der Waals surface area (Å²) in [5.74, 6) is 1.89. The number of rotatable bonds is 7. The van der Waals surface area contributed by atoms with Gasteiger partial charge in [-0.05, 0) is 46.2 Å². The maximum absolute atomic E-state index is 9.46. The molecule has 0 unspecified atom stereocenters. The number of aliphatic hydroxyl groups excluding tert-OH is 1. The monoisotopic (exact) mass is 336 g/mol. The lowest BCUT2D eigenvalue weighted by molar-refractivity contribution is 0.268. The topological polar surface area (TPSA) is 29.5 Å². The molecule has 2 aromatic rings. The van der Waals surface area contributed by atoms with Crippen molar-refractivity contribution in [1.29, 1.82) is 0 Å². The van der Waals surface area contributed by atoms with Gasteiger partial charge in [0.25, 0.3) is 0 Å². The van der Waals surface area contributed by atoms with Gasteiger partial charge in [0, 0.05) is 5.56 Å². The fourth-order valence-electron chi connectivity index (χ4n) is 2.61. The Hall–Kier alpha value is -2.48. The summed E-state index contributed by atoms with van der Waals surface area (Å²) in [6.07, 6.45) is 0. The van der Waals surface area contributed by atoms with E-state index in [4.69, 9.17) is 4.74 Å². The van der Waals surface area contributed by atoms with E-state index in [1.165, 1.54) is 5.56 Å². The van der Waals surface area contributed by atoms with Crippen LogP contribution in [0.2, 0.25) is 0 Å². The molecule has 0 atom stereocenters. The van der Waals surface area contributed by atoms with Gasteiger partial charge in [-0.25, -0.2) is 0 Å². The summed E-state index contributed by atoms with van der Waals surface area (Å²) in [7, 11) is 0. The molecule has 0 aliphatic carbocycles. The average molecular weight is 336 g/mol. The summed E-state index contributed by atoms with van der Waals surface area (Å²) in [5.41, 5.74) is 4.97. The highest BCUT2D eigenvalue weighted by Gasteiger charge is 2.12. The minimum Gasteiger partial charge on any atom is -0.508 e. The van der Waals surface area contributed by atoms with E-state index in [2.05, 4.69) is 53.0 Å². The van der Waals surface area contributed by atoms with Crippen LogP contribution in [0.3, 0.4) is 0 Å². The number of aliphatic hydroxyl groups is 1. The van der Waals surface area contributed by atoms with Crippen molar-refractivity contribution in [3.8, 4) is 5.75 Å². The highest BCUT2D eigenvalue weighted by molar-refractivity contribution is 5.79. The lowest BCUT2D eigenvalue weighted by Gasteiger charge is -2.17. The molecule has 0 fully saturated rings. The molecule has 0 radical (unpaired) electrons. The molecule has 1 N–H and O–H groups in total. The fraction of sp³-hybridized carbons (Fsp3) is 0.304. The summed E-state index contributed by atoms with van der Waals surface area (Å²) in [6, 6.07) is 13.9. The average Bonchev–Trinajstić information content (AvgIpc) is 2.59. The van der Waals surface area contributed by atoms with Gasteiger partial charge >= 0.3 is 0 Å². The van der Waals surface area contributed by atoms with E-state index in [0.29, 0.717) is 18.4 Å². The third kappa shape index (κ3) is 4.76. The van der Waals surface area contributed by atoms with Crippen LogP contribution in [0.1, 0.15) is 55.9 Å². The van der Waals surface area contributed by atoms with Gasteiger partial charge in [-0.1, -0.05) is 71.2 Å². The van der Waals surface area contributed by atoms with Crippen LogP contribution in [-0.4, -0.2) is 11.7 Å². The van der Waals surface area contributed by atoms with Gasteiger partial charge < -0.3 is 9.84 Å². The van der Waals surface area contributed by atoms with Crippen LogP contribution in [0.25, 0.3) is 11.3 Å². The van der Waals surface area contributed by atoms with Gasteiger partial charge in [0.15, 0.2) is 0 Å². The summed E-state index contributed by atoms with van der Waals surface area (Å²) in [4.78, 5) is 0. The molecule has 25 heavy (non-hydrogen) atoms. The lowest BCUT2D eigenvalue weighted by Crippen LogP contribution is -2.07. The van der Waals surface area contributed by atoms with Crippen molar-refractivity contribution in [2.24, 2.45) is 5.92 Å². The zero-order valence-corrected chi connectivity index (χ0v) is 15.7. The molecule has 0 aromatic heterocycles. The molecule has 0 aliphatic heterocycles. The second-order valence-corrected chi connectivity index (χ2v) is 7.11. The zero-order chi connectivity index (χ0) is 18.6. The standard InChI is InChI=1S/C23H28O2/c1-15(2)14-25-23-12-11-21(13-22(23)16(3)4)17(5)19-7-9-20(10-8-19)18(6)24/h7-13,15-16,24H,5-6,14H2,1-4H3. The molecule has 2 rings (SSSR count). The van der Waals surface area contributed by atoms with Crippen LogP contribution < -0.4 is 4.74 Å². The van der Waals surface area contributed by atoms with Crippen LogP contribution in [0.5, 0.6) is 5.75 Å². The normalized spacial score (nSPS) is 11.0. The first kappa shape index (κ1) is 18.9. The Morgan fingerprint density at radius 2 is 1.48 bits per heavy atom. The number of benzene rings is 2. The van der Waals surface area contributed by atoms with Crippen LogP contribution in [0, 0.1) is 5.92 Å². The van der Waals surface area contributed by atoms with Crippen molar-refractivity contribution < 1.29 is 9.84 Å². The second-order valence-electron chi connectivity index (χ2n) is 7.11. The third-order valence-electron chi connectivity index (χ3n) is 4.12. The number of ether oxygens (including phenoxy) is 1. The molecule has 0 saturated carbocycles. The molecule has 132 valence electrons. The molecule has 0 aliphatic rings. The summed E-state index contributed by atoms with van der Waals surface area (Å²) >= 11 is 0. The van der Waals surface area contributed by atoms with Crippen LogP contribution in [-0.2, 0) is 0 Å². The third-order valence-corrected chi connectivity index (χ3v) is 4.12. The largest absolute Gasteiger partial charge is 0.508 e. The molecule has 0 bridgehead atoms. The van der Waals surface area contributed by atoms with E-state index < -0.39 is 0 Å². The van der Waals surface area contributed by atoms with E-state index in [1.807, 2.05) is 30.3 Å². The van der Waals surface area contributed by atoms with Crippen LogP contribution in [0.4, 0.5) is 0 Å². The molecule has 0 saturated heterocycles. The first-order chi connectivity index (χ1) is 11.8. The van der Waals surface area contributed by atoms with E-state index in [1.54, 1.807) is 0 Å². The summed E-state index contributed by atoms with van der Waals surface area (Å²) < 4.78 is 5.98. The molecular formula is C23H28O2. The summed E-state index contributed by atoms with van der Waals surface area (Å²) in [6.45, 7) is 17.2.